The molecule has 0 saturated heterocycles. The topological polar surface area (TPSA) is 54.5 Å². The second-order valence-corrected chi connectivity index (χ2v) is 11.0. The second-order valence-electron chi connectivity index (χ2n) is 9.57. The van der Waals surface area contributed by atoms with E-state index in [0.717, 1.165) is 49.2 Å². The van der Waals surface area contributed by atoms with Crippen LogP contribution in [0.4, 0.5) is 13.2 Å². The average Bonchev–Trinajstić information content (AvgIpc) is 3.32. The maximum atomic E-state index is 14.6. The predicted octanol–water partition coefficient (Wildman–Crippen LogP) is 7.22. The Hall–Kier alpha value is -3.14. The molecule has 5 nitrogen and oxygen atoms in total. The molecule has 0 spiro atoms. The molecule has 0 radical (unpaired) electrons. The number of rotatable bonds is 7. The van der Waals surface area contributed by atoms with Crippen LogP contribution in [0.3, 0.4) is 0 Å². The van der Waals surface area contributed by atoms with Crippen LogP contribution < -0.4 is 10.1 Å². The van der Waals surface area contributed by atoms with E-state index < -0.39 is 23.5 Å². The number of methoxy groups -OCH3 is 1. The van der Waals surface area contributed by atoms with E-state index >= 15 is 0 Å². The SMILES string of the molecule is CN[C@H]1CC[C@@H](N(Cc2cc(-c3cccnc3F)ccc2OC)C(=O)c2sc3c(F)ccc(F)c3c2Cl)CC1. The highest BCUT2D eigenvalue weighted by atomic mass is 35.5. The summed E-state index contributed by atoms with van der Waals surface area (Å²) in [4.78, 5) is 19.6. The summed E-state index contributed by atoms with van der Waals surface area (Å²) in [6.07, 6.45) is 4.59. The molecule has 1 aliphatic carbocycles. The quantitative estimate of drug-likeness (QED) is 0.237. The molecule has 1 fully saturated rings. The van der Waals surface area contributed by atoms with Gasteiger partial charge in [0, 0.05) is 36.0 Å². The predicted molar refractivity (Wildman–Crippen MR) is 148 cm³/mol. The zero-order valence-electron chi connectivity index (χ0n) is 21.4. The van der Waals surface area contributed by atoms with Gasteiger partial charge in [-0.2, -0.15) is 4.39 Å². The third-order valence-electron chi connectivity index (χ3n) is 7.37. The van der Waals surface area contributed by atoms with E-state index in [1.165, 1.54) is 13.3 Å². The van der Waals surface area contributed by atoms with E-state index in [0.29, 0.717) is 28.5 Å². The van der Waals surface area contributed by atoms with Gasteiger partial charge in [0.05, 0.1) is 22.2 Å². The zero-order valence-corrected chi connectivity index (χ0v) is 23.0. The molecule has 4 aromatic rings. The minimum atomic E-state index is -0.680. The molecule has 1 amide bonds. The van der Waals surface area contributed by atoms with Gasteiger partial charge in [0.25, 0.3) is 5.91 Å². The summed E-state index contributed by atoms with van der Waals surface area (Å²) in [6, 6.07) is 10.8. The van der Waals surface area contributed by atoms with Crippen molar-refractivity contribution in [3.63, 3.8) is 0 Å². The fourth-order valence-corrected chi connectivity index (χ4v) is 6.77. The summed E-state index contributed by atoms with van der Waals surface area (Å²) in [6.45, 7) is 0.141. The van der Waals surface area contributed by atoms with Crippen molar-refractivity contribution >= 4 is 38.9 Å². The summed E-state index contributed by atoms with van der Waals surface area (Å²) >= 11 is 7.37. The van der Waals surface area contributed by atoms with Crippen molar-refractivity contribution in [2.45, 2.75) is 44.3 Å². The number of hydrogen-bond donors (Lipinski definition) is 1. The number of aromatic nitrogens is 1. The number of nitrogens with one attached hydrogen (secondary N) is 1. The molecule has 0 unspecified atom stereocenters. The lowest BCUT2D eigenvalue weighted by Gasteiger charge is -2.37. The molecule has 39 heavy (non-hydrogen) atoms. The first-order chi connectivity index (χ1) is 18.8. The lowest BCUT2D eigenvalue weighted by Crippen LogP contribution is -2.44. The third kappa shape index (κ3) is 5.35. The van der Waals surface area contributed by atoms with Crippen LogP contribution in [0.5, 0.6) is 5.75 Å². The maximum absolute atomic E-state index is 14.6. The van der Waals surface area contributed by atoms with Gasteiger partial charge in [-0.1, -0.05) is 17.7 Å². The molecule has 0 bridgehead atoms. The van der Waals surface area contributed by atoms with E-state index in [-0.39, 0.29) is 32.6 Å². The van der Waals surface area contributed by atoms with Crippen LogP contribution in [-0.4, -0.2) is 42.0 Å². The maximum Gasteiger partial charge on any atom is 0.266 e. The number of nitrogens with zero attached hydrogens (tertiary/aromatic N) is 2. The molecular weight excluding hydrogens is 547 g/mol. The molecule has 1 saturated carbocycles. The van der Waals surface area contributed by atoms with Gasteiger partial charge in [-0.25, -0.2) is 13.8 Å². The first-order valence-electron chi connectivity index (χ1n) is 12.6. The number of carbonyl (C=O) groups is 1. The molecule has 204 valence electrons. The van der Waals surface area contributed by atoms with E-state index in [1.807, 2.05) is 7.05 Å². The Labute approximate surface area is 233 Å². The number of amides is 1. The van der Waals surface area contributed by atoms with E-state index in [2.05, 4.69) is 10.3 Å². The number of carbonyl (C=O) groups excluding carboxylic acids is 1. The molecule has 1 aliphatic rings. The summed E-state index contributed by atoms with van der Waals surface area (Å²) in [5.74, 6) is -1.79. The van der Waals surface area contributed by atoms with Crippen molar-refractivity contribution in [1.29, 1.82) is 0 Å². The van der Waals surface area contributed by atoms with Crippen LogP contribution in [0.25, 0.3) is 21.2 Å². The summed E-state index contributed by atoms with van der Waals surface area (Å²) < 4.78 is 49.2. The van der Waals surface area contributed by atoms with Crippen LogP contribution in [0.15, 0.2) is 48.7 Å². The van der Waals surface area contributed by atoms with Crippen molar-refractivity contribution < 1.29 is 22.7 Å². The van der Waals surface area contributed by atoms with Gasteiger partial charge in [-0.05, 0) is 74.7 Å². The van der Waals surface area contributed by atoms with Gasteiger partial charge in [0.2, 0.25) is 5.95 Å². The Balaban J connectivity index is 1.57. The fourth-order valence-electron chi connectivity index (χ4n) is 5.26. The van der Waals surface area contributed by atoms with Gasteiger partial charge < -0.3 is 15.0 Å². The van der Waals surface area contributed by atoms with Gasteiger partial charge in [0.15, 0.2) is 0 Å². The van der Waals surface area contributed by atoms with Crippen molar-refractivity contribution in [3.05, 3.63) is 81.7 Å². The number of fused-ring (bicyclic) bond motifs is 1. The van der Waals surface area contributed by atoms with Crippen molar-refractivity contribution in [2.24, 2.45) is 0 Å². The lowest BCUT2D eigenvalue weighted by atomic mass is 9.89. The molecule has 2 aromatic carbocycles. The smallest absolute Gasteiger partial charge is 0.266 e. The molecule has 0 atom stereocenters. The van der Waals surface area contributed by atoms with Crippen LogP contribution >= 0.6 is 22.9 Å². The highest BCUT2D eigenvalue weighted by Gasteiger charge is 2.33. The Morgan fingerprint density at radius 3 is 2.54 bits per heavy atom. The molecule has 2 aromatic heterocycles. The zero-order chi connectivity index (χ0) is 27.7. The van der Waals surface area contributed by atoms with Crippen LogP contribution in [0, 0.1) is 17.6 Å². The Bertz CT molecular complexity index is 1520. The standard InChI is InChI=1S/C29H27ClF3N3O2S/c1-34-18-6-8-19(9-7-18)36(29(37)27-25(30)24-21(31)10-11-22(32)26(24)39-27)15-17-14-16(5-12-23(17)38-2)20-4-3-13-35-28(20)33/h3-5,10-14,18-19,34H,6-9,15H2,1-2H3/t18-,19+. The van der Waals surface area contributed by atoms with E-state index in [1.54, 1.807) is 35.2 Å². The minimum Gasteiger partial charge on any atom is -0.496 e. The molecule has 2 heterocycles. The highest BCUT2D eigenvalue weighted by molar-refractivity contribution is 7.21. The number of benzene rings is 2. The Morgan fingerprint density at radius 1 is 1.13 bits per heavy atom. The summed E-state index contributed by atoms with van der Waals surface area (Å²) in [5, 5.41) is 3.11. The monoisotopic (exact) mass is 573 g/mol. The van der Waals surface area contributed by atoms with Crippen LogP contribution in [0.2, 0.25) is 5.02 Å². The largest absolute Gasteiger partial charge is 0.496 e. The van der Waals surface area contributed by atoms with Gasteiger partial charge in [0.1, 0.15) is 22.3 Å². The van der Waals surface area contributed by atoms with Crippen molar-refractivity contribution in [1.82, 2.24) is 15.2 Å². The highest BCUT2D eigenvalue weighted by Crippen LogP contribution is 2.40. The average molecular weight is 574 g/mol. The molecule has 0 aliphatic heterocycles. The second kappa shape index (κ2) is 11.5. The van der Waals surface area contributed by atoms with Crippen molar-refractivity contribution in [3.8, 4) is 16.9 Å². The molecule has 5 rings (SSSR count). The number of pyridine rings is 1. The Morgan fingerprint density at radius 2 is 1.87 bits per heavy atom. The van der Waals surface area contributed by atoms with Gasteiger partial charge in [-0.15, -0.1) is 11.3 Å². The lowest BCUT2D eigenvalue weighted by molar-refractivity contribution is 0.0604. The van der Waals surface area contributed by atoms with Gasteiger partial charge >= 0.3 is 0 Å². The third-order valence-corrected chi connectivity index (χ3v) is 9.05. The molecule has 1 N–H and O–H groups in total. The van der Waals surface area contributed by atoms with Crippen molar-refractivity contribution in [2.75, 3.05) is 14.2 Å². The van der Waals surface area contributed by atoms with Crippen LogP contribution in [-0.2, 0) is 6.54 Å². The first-order valence-corrected chi connectivity index (χ1v) is 13.8. The first kappa shape index (κ1) is 27.4. The minimum absolute atomic E-state index is 0.00817. The number of halogens is 4. The number of ether oxygens (including phenoxy) is 1. The fraction of sp³-hybridized carbons (Fsp3) is 0.310. The normalized spacial score (nSPS) is 17.4. The van der Waals surface area contributed by atoms with E-state index in [4.69, 9.17) is 16.3 Å². The summed E-state index contributed by atoms with van der Waals surface area (Å²) in [5.41, 5.74) is 1.58. The van der Waals surface area contributed by atoms with Crippen LogP contribution in [0.1, 0.15) is 40.9 Å². The number of hydrogen-bond acceptors (Lipinski definition) is 5. The number of thiophene rings is 1. The summed E-state index contributed by atoms with van der Waals surface area (Å²) in [7, 11) is 3.45. The molecular formula is C29H27ClF3N3O2S. The Kier molecular flexibility index (Phi) is 8.11. The molecule has 10 heteroatoms. The van der Waals surface area contributed by atoms with Gasteiger partial charge in [-0.3, -0.25) is 4.79 Å². The van der Waals surface area contributed by atoms with E-state index in [9.17, 15) is 18.0 Å².